The molecule has 7 heteroatoms. The van der Waals surface area contributed by atoms with Crippen molar-refractivity contribution in [3.63, 3.8) is 0 Å². The van der Waals surface area contributed by atoms with Crippen LogP contribution in [0.4, 0.5) is 8.78 Å². The first kappa shape index (κ1) is 19.7. The highest BCUT2D eigenvalue weighted by atomic mass is 19.3. The molecule has 5 nitrogen and oxygen atoms in total. The van der Waals surface area contributed by atoms with Gasteiger partial charge in [0.05, 0.1) is 6.54 Å². The van der Waals surface area contributed by atoms with Crippen LogP contribution in [0.15, 0.2) is 54.6 Å². The number of halogens is 2. The molecule has 1 unspecified atom stereocenters. The van der Waals surface area contributed by atoms with E-state index in [2.05, 4.69) is 4.74 Å². The van der Waals surface area contributed by atoms with Crippen LogP contribution in [0.1, 0.15) is 12.5 Å². The molecule has 1 heterocycles. The van der Waals surface area contributed by atoms with Gasteiger partial charge in [-0.3, -0.25) is 4.79 Å². The molecule has 0 radical (unpaired) electrons. The molecule has 2 aromatic carbocycles. The van der Waals surface area contributed by atoms with Gasteiger partial charge in [0.15, 0.2) is 17.6 Å². The normalized spacial score (nSPS) is 15.6. The lowest BCUT2D eigenvalue weighted by Gasteiger charge is -2.30. The molecule has 0 N–H and O–H groups in total. The van der Waals surface area contributed by atoms with Gasteiger partial charge in [0, 0.05) is 12.6 Å². The molecular weight excluding hydrogens is 368 g/mol. The molecule has 0 aromatic heterocycles. The Hall–Kier alpha value is -3.09. The number of likely N-dealkylation sites (N-methyl/N-ethyl adjacent to an activating group) is 1. The predicted molar refractivity (Wildman–Crippen MR) is 101 cm³/mol. The summed E-state index contributed by atoms with van der Waals surface area (Å²) in [5.74, 6) is 1.28. The third kappa shape index (κ3) is 5.22. The Morgan fingerprint density at radius 3 is 2.61 bits per heavy atom. The maximum Gasteiger partial charge on any atom is 0.387 e. The molecule has 0 aliphatic carbocycles. The lowest BCUT2D eigenvalue weighted by atomic mass is 10.2. The first-order chi connectivity index (χ1) is 13.5. The third-order valence-electron chi connectivity index (χ3n) is 4.21. The molecule has 1 atom stereocenters. The van der Waals surface area contributed by atoms with Crippen LogP contribution in [0.3, 0.4) is 0 Å². The van der Waals surface area contributed by atoms with E-state index in [4.69, 9.17) is 9.47 Å². The lowest BCUT2D eigenvalue weighted by molar-refractivity contribution is -0.127. The number of rotatable bonds is 7. The molecule has 0 spiro atoms. The van der Waals surface area contributed by atoms with Crippen molar-refractivity contribution >= 4 is 12.0 Å². The Labute approximate surface area is 162 Å². The highest BCUT2D eigenvalue weighted by Gasteiger charge is 2.24. The SMILES string of the molecule is CCN(CC1COc2ccccc2O1)C(=O)C=Cc1ccc(OC(F)F)cc1. The number of carbonyl (C=O) groups is 1. The second-order valence-electron chi connectivity index (χ2n) is 6.16. The molecule has 1 amide bonds. The summed E-state index contributed by atoms with van der Waals surface area (Å²) in [4.78, 5) is 14.2. The first-order valence-corrected chi connectivity index (χ1v) is 8.95. The third-order valence-corrected chi connectivity index (χ3v) is 4.21. The molecule has 0 saturated carbocycles. The lowest BCUT2D eigenvalue weighted by Crippen LogP contribution is -2.43. The van der Waals surface area contributed by atoms with E-state index < -0.39 is 6.61 Å². The average molecular weight is 389 g/mol. The average Bonchev–Trinajstić information content (AvgIpc) is 2.70. The summed E-state index contributed by atoms with van der Waals surface area (Å²) in [5, 5.41) is 0. The fraction of sp³-hybridized carbons (Fsp3) is 0.286. The number of alkyl halides is 2. The van der Waals surface area contributed by atoms with Gasteiger partial charge in [-0.2, -0.15) is 8.78 Å². The van der Waals surface area contributed by atoms with Gasteiger partial charge < -0.3 is 19.1 Å². The van der Waals surface area contributed by atoms with Gasteiger partial charge in [0.2, 0.25) is 5.91 Å². The highest BCUT2D eigenvalue weighted by Crippen LogP contribution is 2.31. The largest absolute Gasteiger partial charge is 0.486 e. The van der Waals surface area contributed by atoms with E-state index in [0.29, 0.717) is 36.8 Å². The topological polar surface area (TPSA) is 48.0 Å². The predicted octanol–water partition coefficient (Wildman–Crippen LogP) is 3.99. The number of benzene rings is 2. The minimum Gasteiger partial charge on any atom is -0.486 e. The number of hydrogen-bond donors (Lipinski definition) is 0. The minimum atomic E-state index is -2.86. The Morgan fingerprint density at radius 2 is 1.93 bits per heavy atom. The summed E-state index contributed by atoms with van der Waals surface area (Å²) in [6.07, 6.45) is 2.83. The fourth-order valence-corrected chi connectivity index (χ4v) is 2.81. The number of fused-ring (bicyclic) bond motifs is 1. The summed E-state index contributed by atoms with van der Waals surface area (Å²) in [6.45, 7) is 0.316. The molecule has 0 bridgehead atoms. The zero-order valence-electron chi connectivity index (χ0n) is 15.4. The fourth-order valence-electron chi connectivity index (χ4n) is 2.81. The number of carbonyl (C=O) groups excluding carboxylic acids is 1. The van der Waals surface area contributed by atoms with Gasteiger partial charge in [-0.25, -0.2) is 0 Å². The molecule has 148 valence electrons. The summed E-state index contributed by atoms with van der Waals surface area (Å²) in [5.41, 5.74) is 0.706. The summed E-state index contributed by atoms with van der Waals surface area (Å²) in [6, 6.07) is 13.5. The van der Waals surface area contributed by atoms with E-state index in [-0.39, 0.29) is 17.8 Å². The smallest absolute Gasteiger partial charge is 0.387 e. The minimum absolute atomic E-state index is 0.0726. The van der Waals surface area contributed by atoms with Crippen LogP contribution in [0.2, 0.25) is 0 Å². The van der Waals surface area contributed by atoms with Crippen molar-refractivity contribution in [2.75, 3.05) is 19.7 Å². The quantitative estimate of drug-likeness (QED) is 0.672. The van der Waals surface area contributed by atoms with Crippen LogP contribution in [0.5, 0.6) is 17.2 Å². The second-order valence-corrected chi connectivity index (χ2v) is 6.16. The summed E-state index contributed by atoms with van der Waals surface area (Å²) in [7, 11) is 0. The van der Waals surface area contributed by atoms with E-state index in [1.165, 1.54) is 18.2 Å². The van der Waals surface area contributed by atoms with Crippen LogP contribution in [-0.2, 0) is 4.79 Å². The Morgan fingerprint density at radius 1 is 1.21 bits per heavy atom. The van der Waals surface area contributed by atoms with Crippen molar-refractivity contribution in [3.8, 4) is 17.2 Å². The molecule has 1 aliphatic rings. The van der Waals surface area contributed by atoms with Gasteiger partial charge in [-0.1, -0.05) is 24.3 Å². The van der Waals surface area contributed by atoms with E-state index in [0.717, 1.165) is 0 Å². The van der Waals surface area contributed by atoms with Crippen molar-refractivity contribution in [1.82, 2.24) is 4.90 Å². The summed E-state index contributed by atoms with van der Waals surface area (Å²) < 4.78 is 40.2. The molecule has 0 fully saturated rings. The first-order valence-electron chi connectivity index (χ1n) is 8.95. The second kappa shape index (κ2) is 9.21. The molecule has 1 aliphatic heterocycles. The van der Waals surface area contributed by atoms with Gasteiger partial charge in [-0.05, 0) is 42.8 Å². The Kier molecular flexibility index (Phi) is 6.47. The van der Waals surface area contributed by atoms with Crippen molar-refractivity contribution in [1.29, 1.82) is 0 Å². The van der Waals surface area contributed by atoms with Crippen LogP contribution in [0, 0.1) is 0 Å². The number of nitrogens with zero attached hydrogens (tertiary/aromatic N) is 1. The van der Waals surface area contributed by atoms with Crippen LogP contribution < -0.4 is 14.2 Å². The maximum absolute atomic E-state index is 12.5. The van der Waals surface area contributed by atoms with E-state index in [1.54, 1.807) is 23.1 Å². The molecule has 2 aromatic rings. The molecule has 0 saturated heterocycles. The standard InChI is InChI=1S/C21H21F2NO4/c1-2-24(13-17-14-26-18-5-3-4-6-19(18)27-17)20(25)12-9-15-7-10-16(11-8-15)28-21(22)23/h3-12,17,21H,2,13-14H2,1H3. The van der Waals surface area contributed by atoms with Crippen molar-refractivity contribution in [2.45, 2.75) is 19.6 Å². The Balaban J connectivity index is 1.57. The number of amides is 1. The van der Waals surface area contributed by atoms with E-state index >= 15 is 0 Å². The maximum atomic E-state index is 12.5. The zero-order valence-corrected chi connectivity index (χ0v) is 15.4. The Bertz CT molecular complexity index is 823. The van der Waals surface area contributed by atoms with E-state index in [9.17, 15) is 13.6 Å². The monoisotopic (exact) mass is 389 g/mol. The van der Waals surface area contributed by atoms with E-state index in [1.807, 2.05) is 31.2 Å². The van der Waals surface area contributed by atoms with Crippen molar-refractivity contribution < 1.29 is 27.8 Å². The van der Waals surface area contributed by atoms with Crippen molar-refractivity contribution in [2.24, 2.45) is 0 Å². The van der Waals surface area contributed by atoms with Gasteiger partial charge in [-0.15, -0.1) is 0 Å². The van der Waals surface area contributed by atoms with Crippen molar-refractivity contribution in [3.05, 3.63) is 60.2 Å². The van der Waals surface area contributed by atoms with Crippen LogP contribution in [0.25, 0.3) is 6.08 Å². The highest BCUT2D eigenvalue weighted by molar-refractivity contribution is 5.91. The van der Waals surface area contributed by atoms with Crippen LogP contribution in [-0.4, -0.2) is 43.2 Å². The molecule has 3 rings (SSSR count). The van der Waals surface area contributed by atoms with Crippen LogP contribution >= 0.6 is 0 Å². The molecule has 28 heavy (non-hydrogen) atoms. The molecular formula is C21H21F2NO4. The van der Waals surface area contributed by atoms with Gasteiger partial charge in [0.25, 0.3) is 0 Å². The number of ether oxygens (including phenoxy) is 3. The zero-order chi connectivity index (χ0) is 19.9. The van der Waals surface area contributed by atoms with Gasteiger partial charge in [0.1, 0.15) is 12.4 Å². The summed E-state index contributed by atoms with van der Waals surface area (Å²) >= 11 is 0. The number of hydrogen-bond acceptors (Lipinski definition) is 4. The van der Waals surface area contributed by atoms with Gasteiger partial charge >= 0.3 is 6.61 Å². The number of para-hydroxylation sites is 2.